The summed E-state index contributed by atoms with van der Waals surface area (Å²) in [6, 6.07) is 14.6. The first-order valence-electron chi connectivity index (χ1n) is 7.18. The fourth-order valence-corrected chi connectivity index (χ4v) is 2.13. The van der Waals surface area contributed by atoms with Crippen molar-refractivity contribution in [1.29, 1.82) is 0 Å². The summed E-state index contributed by atoms with van der Waals surface area (Å²) in [5, 5.41) is 0. The van der Waals surface area contributed by atoms with Gasteiger partial charge in [0.2, 0.25) is 0 Å². The summed E-state index contributed by atoms with van der Waals surface area (Å²) in [6.07, 6.45) is 1.81. The normalized spacial score (nSPS) is 12.2. The molecule has 0 amide bonds. The minimum Gasteiger partial charge on any atom is -0.457 e. The van der Waals surface area contributed by atoms with E-state index in [0.717, 1.165) is 29.9 Å². The highest BCUT2D eigenvalue weighted by Crippen LogP contribution is 2.29. The van der Waals surface area contributed by atoms with E-state index in [2.05, 4.69) is 45.0 Å². The second-order valence-electron chi connectivity index (χ2n) is 5.35. The Morgan fingerprint density at radius 3 is 2.55 bits per heavy atom. The SMILES string of the molecule is CCC(N)Cc1ccccc1Oc1cc(C)ccc1C. The smallest absolute Gasteiger partial charge is 0.130 e. The van der Waals surface area contributed by atoms with Crippen molar-refractivity contribution in [3.8, 4) is 11.5 Å². The summed E-state index contributed by atoms with van der Waals surface area (Å²) in [5.74, 6) is 1.83. The second kappa shape index (κ2) is 6.58. The molecule has 0 aliphatic carbocycles. The van der Waals surface area contributed by atoms with Crippen molar-refractivity contribution < 1.29 is 4.74 Å². The molecule has 2 aromatic carbocycles. The lowest BCUT2D eigenvalue weighted by Gasteiger charge is -2.15. The molecule has 0 heterocycles. The average Bonchev–Trinajstić information content (AvgIpc) is 2.44. The molecule has 106 valence electrons. The molecule has 20 heavy (non-hydrogen) atoms. The predicted octanol–water partition coefficient (Wildman–Crippen LogP) is 4.38. The number of benzene rings is 2. The van der Waals surface area contributed by atoms with Crippen LogP contribution in [0.25, 0.3) is 0 Å². The van der Waals surface area contributed by atoms with Crippen LogP contribution in [-0.2, 0) is 6.42 Å². The maximum absolute atomic E-state index is 6.11. The van der Waals surface area contributed by atoms with Gasteiger partial charge in [-0.05, 0) is 55.5 Å². The van der Waals surface area contributed by atoms with Crippen LogP contribution >= 0.6 is 0 Å². The van der Waals surface area contributed by atoms with Crippen LogP contribution in [0.1, 0.15) is 30.0 Å². The van der Waals surface area contributed by atoms with Gasteiger partial charge in [-0.3, -0.25) is 0 Å². The van der Waals surface area contributed by atoms with E-state index < -0.39 is 0 Å². The lowest BCUT2D eigenvalue weighted by molar-refractivity contribution is 0.468. The van der Waals surface area contributed by atoms with Gasteiger partial charge in [0.05, 0.1) is 0 Å². The van der Waals surface area contributed by atoms with Crippen molar-refractivity contribution in [3.05, 3.63) is 59.2 Å². The van der Waals surface area contributed by atoms with Gasteiger partial charge in [0.15, 0.2) is 0 Å². The molecule has 0 fully saturated rings. The highest BCUT2D eigenvalue weighted by Gasteiger charge is 2.09. The van der Waals surface area contributed by atoms with E-state index in [1.165, 1.54) is 11.1 Å². The molecule has 0 saturated carbocycles. The monoisotopic (exact) mass is 269 g/mol. The van der Waals surface area contributed by atoms with Crippen LogP contribution in [0.5, 0.6) is 11.5 Å². The minimum atomic E-state index is 0.179. The largest absolute Gasteiger partial charge is 0.457 e. The summed E-state index contributed by atoms with van der Waals surface area (Å²) in [7, 11) is 0. The van der Waals surface area contributed by atoms with Gasteiger partial charge in [-0.1, -0.05) is 37.3 Å². The Hall–Kier alpha value is -1.80. The van der Waals surface area contributed by atoms with E-state index in [4.69, 9.17) is 10.5 Å². The Kier molecular flexibility index (Phi) is 4.80. The average molecular weight is 269 g/mol. The van der Waals surface area contributed by atoms with Crippen LogP contribution in [-0.4, -0.2) is 6.04 Å². The molecular formula is C18H23NO. The van der Waals surface area contributed by atoms with Crippen LogP contribution in [0.15, 0.2) is 42.5 Å². The Balaban J connectivity index is 2.27. The third-order valence-corrected chi connectivity index (χ3v) is 3.54. The number of hydrogen-bond donors (Lipinski definition) is 1. The second-order valence-corrected chi connectivity index (χ2v) is 5.35. The molecule has 0 saturated heterocycles. The molecule has 0 aromatic heterocycles. The van der Waals surface area contributed by atoms with Gasteiger partial charge >= 0.3 is 0 Å². The third-order valence-electron chi connectivity index (χ3n) is 3.54. The van der Waals surface area contributed by atoms with E-state index in [9.17, 15) is 0 Å². The Bertz CT molecular complexity index is 577. The van der Waals surface area contributed by atoms with E-state index in [-0.39, 0.29) is 6.04 Å². The quantitative estimate of drug-likeness (QED) is 0.874. The maximum atomic E-state index is 6.11. The first kappa shape index (κ1) is 14.6. The molecule has 0 aliphatic heterocycles. The fraction of sp³-hybridized carbons (Fsp3) is 0.333. The molecular weight excluding hydrogens is 246 g/mol. The predicted molar refractivity (Wildman–Crippen MR) is 84.4 cm³/mol. The van der Waals surface area contributed by atoms with Gasteiger partial charge < -0.3 is 10.5 Å². The van der Waals surface area contributed by atoms with Crippen molar-refractivity contribution in [3.63, 3.8) is 0 Å². The van der Waals surface area contributed by atoms with Crippen molar-refractivity contribution in [2.24, 2.45) is 5.73 Å². The van der Waals surface area contributed by atoms with Crippen LogP contribution in [0, 0.1) is 13.8 Å². The summed E-state index contributed by atoms with van der Waals surface area (Å²) in [5.41, 5.74) is 9.58. The molecule has 0 spiro atoms. The van der Waals surface area contributed by atoms with Crippen molar-refractivity contribution in [2.45, 2.75) is 39.7 Å². The van der Waals surface area contributed by atoms with E-state index in [0.29, 0.717) is 0 Å². The summed E-state index contributed by atoms with van der Waals surface area (Å²) >= 11 is 0. The number of nitrogens with two attached hydrogens (primary N) is 1. The zero-order chi connectivity index (χ0) is 14.5. The number of aryl methyl sites for hydroxylation is 2. The van der Waals surface area contributed by atoms with E-state index in [1.54, 1.807) is 0 Å². The van der Waals surface area contributed by atoms with E-state index in [1.807, 2.05) is 18.2 Å². The van der Waals surface area contributed by atoms with Gasteiger partial charge in [0.1, 0.15) is 11.5 Å². The van der Waals surface area contributed by atoms with Crippen molar-refractivity contribution >= 4 is 0 Å². The van der Waals surface area contributed by atoms with Gasteiger partial charge in [0.25, 0.3) is 0 Å². The van der Waals surface area contributed by atoms with Crippen LogP contribution in [0.3, 0.4) is 0 Å². The molecule has 2 rings (SSSR count). The van der Waals surface area contributed by atoms with Gasteiger partial charge in [-0.15, -0.1) is 0 Å². The fourth-order valence-electron chi connectivity index (χ4n) is 2.13. The Labute approximate surface area is 121 Å². The van der Waals surface area contributed by atoms with Crippen LogP contribution in [0.4, 0.5) is 0 Å². The summed E-state index contributed by atoms with van der Waals surface area (Å²) in [6.45, 7) is 6.25. The van der Waals surface area contributed by atoms with E-state index >= 15 is 0 Å². The Morgan fingerprint density at radius 1 is 1.05 bits per heavy atom. The molecule has 2 heteroatoms. The van der Waals surface area contributed by atoms with Crippen LogP contribution < -0.4 is 10.5 Å². The molecule has 0 bridgehead atoms. The first-order chi connectivity index (χ1) is 9.60. The highest BCUT2D eigenvalue weighted by atomic mass is 16.5. The first-order valence-corrected chi connectivity index (χ1v) is 7.18. The van der Waals surface area contributed by atoms with Gasteiger partial charge in [-0.2, -0.15) is 0 Å². The van der Waals surface area contributed by atoms with Crippen LogP contribution in [0.2, 0.25) is 0 Å². The number of hydrogen-bond acceptors (Lipinski definition) is 2. The summed E-state index contributed by atoms with van der Waals surface area (Å²) in [4.78, 5) is 0. The number of ether oxygens (including phenoxy) is 1. The zero-order valence-corrected chi connectivity index (χ0v) is 12.5. The molecule has 2 aromatic rings. The Morgan fingerprint density at radius 2 is 1.80 bits per heavy atom. The molecule has 2 N–H and O–H groups in total. The lowest BCUT2D eigenvalue weighted by Crippen LogP contribution is -2.21. The highest BCUT2D eigenvalue weighted by molar-refractivity contribution is 5.42. The van der Waals surface area contributed by atoms with Crippen molar-refractivity contribution in [2.75, 3.05) is 0 Å². The minimum absolute atomic E-state index is 0.179. The molecule has 0 radical (unpaired) electrons. The third kappa shape index (κ3) is 3.61. The zero-order valence-electron chi connectivity index (χ0n) is 12.5. The summed E-state index contributed by atoms with van der Waals surface area (Å²) < 4.78 is 6.11. The molecule has 0 aliphatic rings. The molecule has 1 atom stereocenters. The van der Waals surface area contributed by atoms with Gasteiger partial charge in [0, 0.05) is 6.04 Å². The topological polar surface area (TPSA) is 35.2 Å². The maximum Gasteiger partial charge on any atom is 0.130 e. The molecule has 2 nitrogen and oxygen atoms in total. The standard InChI is InChI=1S/C18H23NO/c1-4-16(19)12-15-7-5-6-8-17(15)20-18-11-13(2)9-10-14(18)3/h5-11,16H,4,12,19H2,1-3H3. The van der Waals surface area contributed by atoms with Crippen molar-refractivity contribution in [1.82, 2.24) is 0 Å². The molecule has 1 unspecified atom stereocenters. The number of rotatable bonds is 5. The lowest BCUT2D eigenvalue weighted by atomic mass is 10.0. The number of para-hydroxylation sites is 1. The van der Waals surface area contributed by atoms with Gasteiger partial charge in [-0.25, -0.2) is 0 Å².